The van der Waals surface area contributed by atoms with Crippen molar-refractivity contribution >= 4 is 5.97 Å². The summed E-state index contributed by atoms with van der Waals surface area (Å²) in [5.41, 5.74) is 0. The van der Waals surface area contributed by atoms with E-state index >= 15 is 0 Å². The van der Waals surface area contributed by atoms with Crippen molar-refractivity contribution in [1.29, 1.82) is 0 Å². The molecule has 0 N–H and O–H groups in total. The fourth-order valence-corrected chi connectivity index (χ4v) is 0.941. The summed E-state index contributed by atoms with van der Waals surface area (Å²) in [5, 5.41) is 0. The van der Waals surface area contributed by atoms with Gasteiger partial charge in [-0.3, -0.25) is 0 Å². The molecular weight excluding hydrogens is 194 g/mol. The Kier molecular flexibility index (Phi) is 3.57. The van der Waals surface area contributed by atoms with Gasteiger partial charge in [-0.15, -0.1) is 0 Å². The molecule has 1 rings (SSSR count). The Hall–Kier alpha value is -0.970. The van der Waals surface area contributed by atoms with Gasteiger partial charge in [0, 0.05) is 12.5 Å². The van der Waals surface area contributed by atoms with Gasteiger partial charge in [-0.1, -0.05) is 6.08 Å². The number of hydrogen-bond donors (Lipinski definition) is 0. The summed E-state index contributed by atoms with van der Waals surface area (Å²) in [6.07, 6.45) is 2.55. The lowest BCUT2D eigenvalue weighted by molar-refractivity contribution is -0.134. The number of rotatable bonds is 5. The van der Waals surface area contributed by atoms with Gasteiger partial charge in [0.25, 0.3) is 5.92 Å². The number of ether oxygens (including phenoxy) is 2. The first-order chi connectivity index (χ1) is 6.56. The Morgan fingerprint density at radius 1 is 1.64 bits per heavy atom. The second kappa shape index (κ2) is 4.50. The fourth-order valence-electron chi connectivity index (χ4n) is 0.941. The molecule has 0 aromatic heterocycles. The Morgan fingerprint density at radius 3 is 2.79 bits per heavy atom. The molecule has 0 bridgehead atoms. The van der Waals surface area contributed by atoms with Crippen molar-refractivity contribution in [3.63, 3.8) is 0 Å². The third-order valence-electron chi connectivity index (χ3n) is 1.94. The largest absolute Gasteiger partial charge is 0.466 e. The van der Waals surface area contributed by atoms with Crippen molar-refractivity contribution in [3.8, 4) is 0 Å². The van der Waals surface area contributed by atoms with E-state index in [1.807, 2.05) is 0 Å². The standard InChI is InChI=1S/C9H12F2O3/c1-13-8(12)3-2-4-14-6-7-5-9(7,10)11/h2-3,7H,4-6H2,1H3/b3-2+. The summed E-state index contributed by atoms with van der Waals surface area (Å²) in [6, 6.07) is 0. The Balaban J connectivity index is 2.00. The van der Waals surface area contributed by atoms with E-state index in [4.69, 9.17) is 4.74 Å². The van der Waals surface area contributed by atoms with Gasteiger partial charge in [0.05, 0.1) is 26.2 Å². The lowest BCUT2D eigenvalue weighted by Gasteiger charge is -1.98. The molecule has 1 aliphatic carbocycles. The first-order valence-corrected chi connectivity index (χ1v) is 4.26. The van der Waals surface area contributed by atoms with Crippen molar-refractivity contribution in [1.82, 2.24) is 0 Å². The molecule has 80 valence electrons. The molecule has 1 saturated carbocycles. The minimum absolute atomic E-state index is 0.0402. The first kappa shape index (κ1) is 11.1. The third kappa shape index (κ3) is 3.41. The van der Waals surface area contributed by atoms with Crippen molar-refractivity contribution in [2.24, 2.45) is 5.92 Å². The highest BCUT2D eigenvalue weighted by Gasteiger charge is 2.56. The van der Waals surface area contributed by atoms with Crippen LogP contribution in [-0.2, 0) is 14.3 Å². The minimum Gasteiger partial charge on any atom is -0.466 e. The van der Waals surface area contributed by atoms with Crippen LogP contribution in [0.4, 0.5) is 8.78 Å². The van der Waals surface area contributed by atoms with Gasteiger partial charge in [0.15, 0.2) is 0 Å². The number of alkyl halides is 2. The molecule has 0 amide bonds. The van der Waals surface area contributed by atoms with Crippen LogP contribution in [0.25, 0.3) is 0 Å². The molecule has 1 aliphatic rings. The zero-order chi connectivity index (χ0) is 10.6. The summed E-state index contributed by atoms with van der Waals surface area (Å²) < 4.78 is 33.9. The molecule has 0 aliphatic heterocycles. The molecule has 0 aromatic carbocycles. The summed E-state index contributed by atoms with van der Waals surface area (Å²) in [5.74, 6) is -3.66. The normalized spacial score (nSPS) is 23.8. The molecule has 1 unspecified atom stereocenters. The smallest absolute Gasteiger partial charge is 0.330 e. The van der Waals surface area contributed by atoms with Gasteiger partial charge in [0.2, 0.25) is 0 Å². The van der Waals surface area contributed by atoms with E-state index in [9.17, 15) is 13.6 Å². The molecule has 1 atom stereocenters. The van der Waals surface area contributed by atoms with E-state index in [1.54, 1.807) is 0 Å². The summed E-state index contributed by atoms with van der Waals surface area (Å²) in [7, 11) is 1.26. The molecule has 0 aromatic rings. The van der Waals surface area contributed by atoms with Crippen LogP contribution in [0.1, 0.15) is 6.42 Å². The molecule has 5 heteroatoms. The maximum absolute atomic E-state index is 12.3. The average molecular weight is 206 g/mol. The van der Waals surface area contributed by atoms with Gasteiger partial charge in [-0.05, 0) is 0 Å². The van der Waals surface area contributed by atoms with E-state index in [0.717, 1.165) is 0 Å². The van der Waals surface area contributed by atoms with E-state index in [0.29, 0.717) is 0 Å². The fraction of sp³-hybridized carbons (Fsp3) is 0.667. The maximum atomic E-state index is 12.3. The highest BCUT2D eigenvalue weighted by Crippen LogP contribution is 2.48. The molecule has 14 heavy (non-hydrogen) atoms. The Labute approximate surface area is 80.7 Å². The van der Waals surface area contributed by atoms with E-state index in [-0.39, 0.29) is 19.6 Å². The molecule has 0 spiro atoms. The lowest BCUT2D eigenvalue weighted by atomic mass is 10.4. The second-order valence-electron chi connectivity index (χ2n) is 3.13. The third-order valence-corrected chi connectivity index (χ3v) is 1.94. The molecule has 0 saturated heterocycles. The number of carbonyl (C=O) groups is 1. The number of esters is 1. The quantitative estimate of drug-likeness (QED) is 0.387. The molecular formula is C9H12F2O3. The second-order valence-corrected chi connectivity index (χ2v) is 3.13. The van der Waals surface area contributed by atoms with Gasteiger partial charge < -0.3 is 9.47 Å². The Morgan fingerprint density at radius 2 is 2.29 bits per heavy atom. The molecule has 0 radical (unpaired) electrons. The van der Waals surface area contributed by atoms with Crippen LogP contribution in [0, 0.1) is 5.92 Å². The van der Waals surface area contributed by atoms with E-state index in [2.05, 4.69) is 4.74 Å². The van der Waals surface area contributed by atoms with Crippen LogP contribution in [-0.4, -0.2) is 32.2 Å². The predicted octanol–water partition coefficient (Wildman–Crippen LogP) is 1.39. The SMILES string of the molecule is COC(=O)/C=C/COCC1CC1(F)F. The van der Waals surface area contributed by atoms with Gasteiger partial charge in [0.1, 0.15) is 0 Å². The minimum atomic E-state index is -2.54. The van der Waals surface area contributed by atoms with E-state index < -0.39 is 17.8 Å². The monoisotopic (exact) mass is 206 g/mol. The molecule has 3 nitrogen and oxygen atoms in total. The first-order valence-electron chi connectivity index (χ1n) is 4.26. The predicted molar refractivity (Wildman–Crippen MR) is 45.0 cm³/mol. The van der Waals surface area contributed by atoms with Crippen molar-refractivity contribution in [2.75, 3.05) is 20.3 Å². The van der Waals surface area contributed by atoms with E-state index in [1.165, 1.54) is 19.3 Å². The topological polar surface area (TPSA) is 35.5 Å². The van der Waals surface area contributed by atoms with Crippen LogP contribution in [0.15, 0.2) is 12.2 Å². The highest BCUT2D eigenvalue weighted by molar-refractivity contribution is 5.81. The number of methoxy groups -OCH3 is 1. The van der Waals surface area contributed by atoms with Crippen LogP contribution < -0.4 is 0 Å². The maximum Gasteiger partial charge on any atom is 0.330 e. The summed E-state index contributed by atoms with van der Waals surface area (Å²) in [6.45, 7) is 0.195. The zero-order valence-corrected chi connectivity index (χ0v) is 7.83. The van der Waals surface area contributed by atoms with Crippen molar-refractivity contribution in [2.45, 2.75) is 12.3 Å². The highest BCUT2D eigenvalue weighted by atomic mass is 19.3. The van der Waals surface area contributed by atoms with Crippen LogP contribution in [0.5, 0.6) is 0 Å². The zero-order valence-electron chi connectivity index (χ0n) is 7.83. The van der Waals surface area contributed by atoms with Crippen molar-refractivity contribution < 1.29 is 23.0 Å². The van der Waals surface area contributed by atoms with Gasteiger partial charge in [-0.2, -0.15) is 0 Å². The Bertz CT molecular complexity index is 238. The number of carbonyl (C=O) groups excluding carboxylic acids is 1. The van der Waals surface area contributed by atoms with Crippen molar-refractivity contribution in [3.05, 3.63) is 12.2 Å². The van der Waals surface area contributed by atoms with Crippen LogP contribution in [0.3, 0.4) is 0 Å². The van der Waals surface area contributed by atoms with Gasteiger partial charge in [-0.25, -0.2) is 13.6 Å². The summed E-state index contributed by atoms with van der Waals surface area (Å²) >= 11 is 0. The number of halogens is 2. The average Bonchev–Trinajstić information content (AvgIpc) is 2.73. The summed E-state index contributed by atoms with van der Waals surface area (Å²) in [4.78, 5) is 10.5. The lowest BCUT2D eigenvalue weighted by Crippen LogP contribution is -2.03. The molecule has 0 heterocycles. The van der Waals surface area contributed by atoms with Gasteiger partial charge >= 0.3 is 5.97 Å². The number of hydrogen-bond acceptors (Lipinski definition) is 3. The van der Waals surface area contributed by atoms with Crippen LogP contribution >= 0.6 is 0 Å². The van der Waals surface area contributed by atoms with Crippen LogP contribution in [0.2, 0.25) is 0 Å². The molecule has 1 fully saturated rings.